The molecule has 0 aliphatic rings. The fraction of sp³-hybridized carbons (Fsp3) is 0.263. The van der Waals surface area contributed by atoms with E-state index in [0.717, 1.165) is 17.7 Å². The largest absolute Gasteiger partial charge is 0.478 e. The summed E-state index contributed by atoms with van der Waals surface area (Å²) >= 11 is 0. The monoisotopic (exact) mass is 326 g/mol. The number of rotatable bonds is 7. The standard InChI is InChI=1S/C19H22N2O3/c1-3-13(2)21-18(22)15-8-10-17(11-9-15)20-12-14-4-6-16(7-5-14)19(23)24/h4-11,13,20H,3,12H2,1-2H3,(H,21,22)(H,23,24). The zero-order valence-electron chi connectivity index (χ0n) is 13.9. The molecular weight excluding hydrogens is 304 g/mol. The summed E-state index contributed by atoms with van der Waals surface area (Å²) in [4.78, 5) is 22.8. The van der Waals surface area contributed by atoms with E-state index in [0.29, 0.717) is 12.1 Å². The lowest BCUT2D eigenvalue weighted by atomic mass is 10.1. The van der Waals surface area contributed by atoms with E-state index in [-0.39, 0.29) is 17.5 Å². The number of hydrogen-bond acceptors (Lipinski definition) is 3. The zero-order valence-corrected chi connectivity index (χ0v) is 13.9. The van der Waals surface area contributed by atoms with Crippen LogP contribution in [0, 0.1) is 0 Å². The van der Waals surface area contributed by atoms with Crippen LogP contribution in [0.4, 0.5) is 5.69 Å². The first-order valence-corrected chi connectivity index (χ1v) is 7.96. The summed E-state index contributed by atoms with van der Waals surface area (Å²) in [5.74, 6) is -0.999. The van der Waals surface area contributed by atoms with Crippen molar-refractivity contribution in [1.82, 2.24) is 5.32 Å². The highest BCUT2D eigenvalue weighted by Crippen LogP contribution is 2.12. The number of amides is 1. The number of carbonyl (C=O) groups excluding carboxylic acids is 1. The van der Waals surface area contributed by atoms with Crippen LogP contribution in [0.2, 0.25) is 0 Å². The van der Waals surface area contributed by atoms with Gasteiger partial charge in [-0.15, -0.1) is 0 Å². The molecule has 0 fully saturated rings. The Morgan fingerprint density at radius 1 is 1.00 bits per heavy atom. The van der Waals surface area contributed by atoms with E-state index in [4.69, 9.17) is 5.11 Å². The molecule has 0 heterocycles. The number of benzene rings is 2. The van der Waals surface area contributed by atoms with Crippen molar-refractivity contribution in [1.29, 1.82) is 0 Å². The van der Waals surface area contributed by atoms with Crippen LogP contribution in [0.3, 0.4) is 0 Å². The molecule has 2 rings (SSSR count). The molecule has 0 saturated heterocycles. The maximum absolute atomic E-state index is 12.0. The summed E-state index contributed by atoms with van der Waals surface area (Å²) in [6.45, 7) is 4.59. The first-order valence-electron chi connectivity index (χ1n) is 7.96. The third-order valence-corrected chi connectivity index (χ3v) is 3.83. The third kappa shape index (κ3) is 4.84. The van der Waals surface area contributed by atoms with Crippen molar-refractivity contribution in [3.8, 4) is 0 Å². The van der Waals surface area contributed by atoms with Gasteiger partial charge in [-0.3, -0.25) is 4.79 Å². The minimum absolute atomic E-state index is 0.0693. The Hall–Kier alpha value is -2.82. The molecule has 0 radical (unpaired) electrons. The third-order valence-electron chi connectivity index (χ3n) is 3.83. The second-order valence-electron chi connectivity index (χ2n) is 5.72. The molecule has 1 atom stereocenters. The van der Waals surface area contributed by atoms with Gasteiger partial charge < -0.3 is 15.7 Å². The summed E-state index contributed by atoms with van der Waals surface area (Å²) in [7, 11) is 0. The molecule has 0 aliphatic carbocycles. The molecule has 3 N–H and O–H groups in total. The average molecular weight is 326 g/mol. The van der Waals surface area contributed by atoms with Gasteiger partial charge in [0, 0.05) is 23.8 Å². The van der Waals surface area contributed by atoms with Gasteiger partial charge in [-0.05, 0) is 55.3 Å². The molecule has 1 unspecified atom stereocenters. The molecule has 2 aromatic carbocycles. The highest BCUT2D eigenvalue weighted by atomic mass is 16.4. The van der Waals surface area contributed by atoms with Gasteiger partial charge in [0.05, 0.1) is 5.56 Å². The predicted molar refractivity (Wildman–Crippen MR) is 94.4 cm³/mol. The molecule has 0 saturated carbocycles. The second kappa shape index (κ2) is 8.15. The molecule has 126 valence electrons. The minimum Gasteiger partial charge on any atom is -0.478 e. The predicted octanol–water partition coefficient (Wildman–Crippen LogP) is 3.53. The number of hydrogen-bond donors (Lipinski definition) is 3. The van der Waals surface area contributed by atoms with Crippen molar-refractivity contribution < 1.29 is 14.7 Å². The van der Waals surface area contributed by atoms with Crippen LogP contribution in [0.25, 0.3) is 0 Å². The topological polar surface area (TPSA) is 78.4 Å². The quantitative estimate of drug-likeness (QED) is 0.727. The number of nitrogens with one attached hydrogen (secondary N) is 2. The Bertz CT molecular complexity index is 694. The SMILES string of the molecule is CCC(C)NC(=O)c1ccc(NCc2ccc(C(=O)O)cc2)cc1. The molecule has 5 nitrogen and oxygen atoms in total. The summed E-state index contributed by atoms with van der Waals surface area (Å²) in [5, 5.41) is 15.1. The second-order valence-corrected chi connectivity index (χ2v) is 5.72. The normalized spacial score (nSPS) is 11.6. The lowest BCUT2D eigenvalue weighted by molar-refractivity contribution is 0.0696. The van der Waals surface area contributed by atoms with Crippen LogP contribution in [-0.4, -0.2) is 23.0 Å². The smallest absolute Gasteiger partial charge is 0.335 e. The maximum atomic E-state index is 12.0. The van der Waals surface area contributed by atoms with Crippen LogP contribution in [0.1, 0.15) is 46.5 Å². The van der Waals surface area contributed by atoms with Crippen molar-refractivity contribution in [3.05, 3.63) is 65.2 Å². The van der Waals surface area contributed by atoms with Crippen LogP contribution in [0.5, 0.6) is 0 Å². The summed E-state index contributed by atoms with van der Waals surface area (Å²) in [5.41, 5.74) is 2.79. The van der Waals surface area contributed by atoms with Gasteiger partial charge in [0.25, 0.3) is 5.91 Å². The number of anilines is 1. The number of carbonyl (C=O) groups is 2. The Labute approximate surface area is 141 Å². The van der Waals surface area contributed by atoms with E-state index < -0.39 is 5.97 Å². The van der Waals surface area contributed by atoms with Gasteiger partial charge in [0.1, 0.15) is 0 Å². The lowest BCUT2D eigenvalue weighted by Gasteiger charge is -2.12. The van der Waals surface area contributed by atoms with Crippen molar-refractivity contribution in [2.24, 2.45) is 0 Å². The molecule has 24 heavy (non-hydrogen) atoms. The number of carboxylic acid groups (broad SMARTS) is 1. The van der Waals surface area contributed by atoms with E-state index in [2.05, 4.69) is 10.6 Å². The van der Waals surface area contributed by atoms with Gasteiger partial charge in [0.2, 0.25) is 0 Å². The summed E-state index contributed by atoms with van der Waals surface area (Å²) in [6.07, 6.45) is 0.895. The summed E-state index contributed by atoms with van der Waals surface area (Å²) < 4.78 is 0. The van der Waals surface area contributed by atoms with Crippen LogP contribution in [0.15, 0.2) is 48.5 Å². The van der Waals surface area contributed by atoms with Crippen molar-refractivity contribution >= 4 is 17.6 Å². The van der Waals surface area contributed by atoms with Crippen LogP contribution < -0.4 is 10.6 Å². The Balaban J connectivity index is 1.91. The molecule has 1 amide bonds. The van der Waals surface area contributed by atoms with E-state index in [1.807, 2.05) is 26.0 Å². The van der Waals surface area contributed by atoms with Crippen LogP contribution >= 0.6 is 0 Å². The number of carboxylic acids is 1. The van der Waals surface area contributed by atoms with E-state index >= 15 is 0 Å². The first kappa shape index (κ1) is 17.5. The fourth-order valence-corrected chi connectivity index (χ4v) is 2.12. The number of aromatic carboxylic acids is 1. The average Bonchev–Trinajstić information content (AvgIpc) is 2.60. The fourth-order valence-electron chi connectivity index (χ4n) is 2.12. The van der Waals surface area contributed by atoms with Gasteiger partial charge in [-0.2, -0.15) is 0 Å². The van der Waals surface area contributed by atoms with Gasteiger partial charge in [-0.1, -0.05) is 19.1 Å². The minimum atomic E-state index is -0.930. The molecular formula is C19H22N2O3. The summed E-state index contributed by atoms with van der Waals surface area (Å²) in [6, 6.07) is 14.2. The van der Waals surface area contributed by atoms with Crippen molar-refractivity contribution in [2.75, 3.05) is 5.32 Å². The molecule has 0 bridgehead atoms. The van der Waals surface area contributed by atoms with Gasteiger partial charge in [-0.25, -0.2) is 4.79 Å². The van der Waals surface area contributed by atoms with Crippen molar-refractivity contribution in [3.63, 3.8) is 0 Å². The van der Waals surface area contributed by atoms with E-state index in [1.54, 1.807) is 36.4 Å². The van der Waals surface area contributed by atoms with E-state index in [1.165, 1.54) is 0 Å². The van der Waals surface area contributed by atoms with Crippen molar-refractivity contribution in [2.45, 2.75) is 32.9 Å². The Morgan fingerprint density at radius 3 is 2.12 bits per heavy atom. The Morgan fingerprint density at radius 2 is 1.58 bits per heavy atom. The molecule has 5 heteroatoms. The zero-order chi connectivity index (χ0) is 17.5. The van der Waals surface area contributed by atoms with Crippen LogP contribution in [-0.2, 0) is 6.54 Å². The molecule has 2 aromatic rings. The first-order chi connectivity index (χ1) is 11.5. The molecule has 0 aliphatic heterocycles. The van der Waals surface area contributed by atoms with Gasteiger partial charge in [0.15, 0.2) is 0 Å². The van der Waals surface area contributed by atoms with Gasteiger partial charge >= 0.3 is 5.97 Å². The molecule has 0 aromatic heterocycles. The highest BCUT2D eigenvalue weighted by molar-refractivity contribution is 5.94. The maximum Gasteiger partial charge on any atom is 0.335 e. The lowest BCUT2D eigenvalue weighted by Crippen LogP contribution is -2.31. The highest BCUT2D eigenvalue weighted by Gasteiger charge is 2.08. The Kier molecular flexibility index (Phi) is 5.95. The van der Waals surface area contributed by atoms with E-state index in [9.17, 15) is 9.59 Å². The molecule has 0 spiro atoms.